The first-order valence-electron chi connectivity index (χ1n) is 8.14. The van der Waals surface area contributed by atoms with Crippen LogP contribution in [0.3, 0.4) is 0 Å². The van der Waals surface area contributed by atoms with E-state index in [0.717, 1.165) is 29.4 Å². The van der Waals surface area contributed by atoms with E-state index >= 15 is 0 Å². The first kappa shape index (κ1) is 18.9. The van der Waals surface area contributed by atoms with E-state index in [1.54, 1.807) is 0 Å². The van der Waals surface area contributed by atoms with Crippen LogP contribution in [0.2, 0.25) is 0 Å². The lowest BCUT2D eigenvalue weighted by atomic mass is 10.1. The van der Waals surface area contributed by atoms with E-state index in [1.165, 1.54) is 24.6 Å². The van der Waals surface area contributed by atoms with Crippen molar-refractivity contribution in [2.45, 2.75) is 77.3 Å². The summed E-state index contributed by atoms with van der Waals surface area (Å²) in [6, 6.07) is 0.179. The van der Waals surface area contributed by atoms with Gasteiger partial charge in [-0.15, -0.1) is 11.8 Å². The molecule has 1 N–H and O–H groups in total. The number of thioether (sulfide) groups is 1. The van der Waals surface area contributed by atoms with E-state index in [9.17, 15) is 4.79 Å². The van der Waals surface area contributed by atoms with Crippen LogP contribution in [0.5, 0.6) is 0 Å². The standard InChI is InChI=1S/C17H29N3OS/c1-7-8-9-10-12(4)18-16(21)14-13(5)19-15(11(2)3)20-17(14)22-6/h11-12H,7-10H2,1-6H3,(H,18,21). The van der Waals surface area contributed by atoms with Gasteiger partial charge in [-0.3, -0.25) is 4.79 Å². The minimum Gasteiger partial charge on any atom is -0.349 e. The molecule has 0 aliphatic rings. The van der Waals surface area contributed by atoms with Gasteiger partial charge in [0.2, 0.25) is 0 Å². The minimum absolute atomic E-state index is 0.0545. The summed E-state index contributed by atoms with van der Waals surface area (Å²) >= 11 is 1.51. The number of unbranched alkanes of at least 4 members (excludes halogenated alkanes) is 2. The summed E-state index contributed by atoms with van der Waals surface area (Å²) in [6.45, 7) is 10.3. The van der Waals surface area contributed by atoms with Gasteiger partial charge < -0.3 is 5.32 Å². The van der Waals surface area contributed by atoms with Crippen molar-refractivity contribution in [3.8, 4) is 0 Å². The van der Waals surface area contributed by atoms with E-state index in [0.29, 0.717) is 5.56 Å². The molecule has 4 nitrogen and oxygen atoms in total. The summed E-state index contributed by atoms with van der Waals surface area (Å²) in [5, 5.41) is 3.86. The Hall–Kier alpha value is -1.10. The van der Waals surface area contributed by atoms with Gasteiger partial charge in [-0.05, 0) is 26.5 Å². The first-order chi connectivity index (χ1) is 10.4. The maximum atomic E-state index is 12.6. The van der Waals surface area contributed by atoms with E-state index in [2.05, 4.69) is 43.0 Å². The first-order valence-corrected chi connectivity index (χ1v) is 9.36. The smallest absolute Gasteiger partial charge is 0.256 e. The van der Waals surface area contributed by atoms with Crippen LogP contribution in [0, 0.1) is 6.92 Å². The monoisotopic (exact) mass is 323 g/mol. The number of nitrogens with zero attached hydrogens (tertiary/aromatic N) is 2. The highest BCUT2D eigenvalue weighted by molar-refractivity contribution is 7.98. The van der Waals surface area contributed by atoms with Gasteiger partial charge in [0.05, 0.1) is 11.3 Å². The Balaban J connectivity index is 2.88. The van der Waals surface area contributed by atoms with E-state index in [4.69, 9.17) is 0 Å². The zero-order valence-electron chi connectivity index (χ0n) is 14.7. The zero-order valence-corrected chi connectivity index (χ0v) is 15.5. The van der Waals surface area contributed by atoms with Crippen LogP contribution >= 0.6 is 11.8 Å². The fourth-order valence-electron chi connectivity index (χ4n) is 2.30. The predicted octanol–water partition coefficient (Wildman–Crippen LogP) is 4.33. The fraction of sp³-hybridized carbons (Fsp3) is 0.706. The molecule has 1 atom stereocenters. The lowest BCUT2D eigenvalue weighted by Gasteiger charge is -2.17. The third-order valence-electron chi connectivity index (χ3n) is 3.63. The number of amides is 1. The molecule has 1 aromatic rings. The molecular weight excluding hydrogens is 294 g/mol. The van der Waals surface area contributed by atoms with Gasteiger partial charge in [-0.1, -0.05) is 40.0 Å². The van der Waals surface area contributed by atoms with Crippen LogP contribution in [0.15, 0.2) is 5.03 Å². The Morgan fingerprint density at radius 2 is 1.91 bits per heavy atom. The Morgan fingerprint density at radius 3 is 2.45 bits per heavy atom. The highest BCUT2D eigenvalue weighted by Gasteiger charge is 2.20. The molecule has 1 rings (SSSR count). The fourth-order valence-corrected chi connectivity index (χ4v) is 2.93. The molecule has 0 spiro atoms. The van der Waals surface area contributed by atoms with Gasteiger partial charge >= 0.3 is 0 Å². The molecule has 1 heterocycles. The maximum absolute atomic E-state index is 12.6. The molecule has 5 heteroatoms. The zero-order chi connectivity index (χ0) is 16.7. The second-order valence-corrected chi connectivity index (χ2v) is 6.87. The van der Waals surface area contributed by atoms with Crippen LogP contribution < -0.4 is 5.32 Å². The molecular formula is C17H29N3OS. The molecule has 1 aromatic heterocycles. The third-order valence-corrected chi connectivity index (χ3v) is 4.31. The van der Waals surface area contributed by atoms with Gasteiger partial charge in [0.15, 0.2) is 0 Å². The topological polar surface area (TPSA) is 54.9 Å². The van der Waals surface area contributed by atoms with E-state index < -0.39 is 0 Å². The Kier molecular flexibility index (Phi) is 7.87. The SMILES string of the molecule is CCCCCC(C)NC(=O)c1c(C)nc(C(C)C)nc1SC. The second-order valence-electron chi connectivity index (χ2n) is 6.08. The van der Waals surface area contributed by atoms with Crippen LogP contribution in [-0.2, 0) is 0 Å². The number of hydrogen-bond acceptors (Lipinski definition) is 4. The molecule has 0 aliphatic heterocycles. The molecule has 22 heavy (non-hydrogen) atoms. The number of aryl methyl sites for hydroxylation is 1. The largest absolute Gasteiger partial charge is 0.349 e. The highest BCUT2D eigenvalue weighted by Crippen LogP contribution is 2.23. The molecule has 1 amide bonds. The summed E-state index contributed by atoms with van der Waals surface area (Å²) in [5.74, 6) is 1.00. The van der Waals surface area contributed by atoms with E-state index in [-0.39, 0.29) is 17.9 Å². The Morgan fingerprint density at radius 1 is 1.23 bits per heavy atom. The molecule has 0 radical (unpaired) electrons. The molecule has 0 aliphatic carbocycles. The van der Waals surface area contributed by atoms with Crippen molar-refractivity contribution in [2.75, 3.05) is 6.26 Å². The van der Waals surface area contributed by atoms with Crippen molar-refractivity contribution in [3.63, 3.8) is 0 Å². The summed E-state index contributed by atoms with van der Waals surface area (Å²) in [7, 11) is 0. The van der Waals surface area contributed by atoms with Gasteiger partial charge in [0.25, 0.3) is 5.91 Å². The number of hydrogen-bond donors (Lipinski definition) is 1. The van der Waals surface area contributed by atoms with E-state index in [1.807, 2.05) is 13.2 Å². The number of rotatable bonds is 8. The molecule has 0 fully saturated rings. The summed E-state index contributed by atoms with van der Waals surface area (Å²) in [5.41, 5.74) is 1.39. The summed E-state index contributed by atoms with van der Waals surface area (Å²) < 4.78 is 0. The lowest BCUT2D eigenvalue weighted by molar-refractivity contribution is 0.0933. The van der Waals surface area contributed by atoms with Crippen molar-refractivity contribution in [1.29, 1.82) is 0 Å². The minimum atomic E-state index is -0.0545. The van der Waals surface area contributed by atoms with Crippen molar-refractivity contribution in [1.82, 2.24) is 15.3 Å². The molecule has 124 valence electrons. The average Bonchev–Trinajstić information content (AvgIpc) is 2.46. The maximum Gasteiger partial charge on any atom is 0.256 e. The van der Waals surface area contributed by atoms with Crippen molar-refractivity contribution in [3.05, 3.63) is 17.1 Å². The lowest BCUT2D eigenvalue weighted by Crippen LogP contribution is -2.33. The van der Waals surface area contributed by atoms with Crippen LogP contribution in [0.25, 0.3) is 0 Å². The number of carbonyl (C=O) groups is 1. The molecule has 1 unspecified atom stereocenters. The second kappa shape index (κ2) is 9.13. The number of aromatic nitrogens is 2. The van der Waals surface area contributed by atoms with Crippen molar-refractivity contribution < 1.29 is 4.79 Å². The van der Waals surface area contributed by atoms with Crippen LogP contribution in [0.4, 0.5) is 0 Å². The molecule has 0 saturated heterocycles. The number of carbonyl (C=O) groups excluding carboxylic acids is 1. The van der Waals surface area contributed by atoms with Gasteiger partial charge in [-0.25, -0.2) is 9.97 Å². The Labute approximate surface area is 138 Å². The third kappa shape index (κ3) is 5.27. The molecule has 0 aromatic carbocycles. The Bertz CT molecular complexity index is 503. The van der Waals surface area contributed by atoms with Gasteiger partial charge in [0, 0.05) is 12.0 Å². The molecule has 0 bridgehead atoms. The van der Waals surface area contributed by atoms with Gasteiger partial charge in [-0.2, -0.15) is 0 Å². The average molecular weight is 324 g/mol. The highest BCUT2D eigenvalue weighted by atomic mass is 32.2. The van der Waals surface area contributed by atoms with Gasteiger partial charge in [0.1, 0.15) is 10.9 Å². The van der Waals surface area contributed by atoms with Crippen molar-refractivity contribution in [2.24, 2.45) is 0 Å². The molecule has 0 saturated carbocycles. The summed E-state index contributed by atoms with van der Waals surface area (Å²) in [6.07, 6.45) is 6.52. The summed E-state index contributed by atoms with van der Waals surface area (Å²) in [4.78, 5) is 21.6. The van der Waals surface area contributed by atoms with Crippen LogP contribution in [-0.4, -0.2) is 28.2 Å². The number of nitrogens with one attached hydrogen (secondary N) is 1. The quantitative estimate of drug-likeness (QED) is 0.439. The normalized spacial score (nSPS) is 12.5. The van der Waals surface area contributed by atoms with Crippen molar-refractivity contribution >= 4 is 17.7 Å². The van der Waals surface area contributed by atoms with Crippen LogP contribution in [0.1, 0.15) is 81.2 Å². The predicted molar refractivity (Wildman–Crippen MR) is 93.7 cm³/mol.